The van der Waals surface area contributed by atoms with Gasteiger partial charge in [-0.3, -0.25) is 4.68 Å². The minimum absolute atomic E-state index is 0.343. The van der Waals surface area contributed by atoms with E-state index >= 15 is 0 Å². The van der Waals surface area contributed by atoms with E-state index in [1.165, 1.54) is 6.33 Å². The summed E-state index contributed by atoms with van der Waals surface area (Å²) in [4.78, 5) is 4.07. The number of hydrogen-bond acceptors (Lipinski definition) is 5. The zero-order valence-corrected chi connectivity index (χ0v) is 10.2. The molecule has 6 nitrogen and oxygen atoms in total. The zero-order chi connectivity index (χ0) is 13.0. The number of aryl methyl sites for hydroxylation is 1. The lowest BCUT2D eigenvalue weighted by molar-refractivity contribution is 0.289. The van der Waals surface area contributed by atoms with E-state index in [9.17, 15) is 0 Å². The highest BCUT2D eigenvalue weighted by Crippen LogP contribution is 2.15. The van der Waals surface area contributed by atoms with Crippen molar-refractivity contribution in [1.29, 1.82) is 0 Å². The molecule has 0 saturated heterocycles. The number of hydrogen-bond donors (Lipinski definition) is 1. The number of nitrogens with zero attached hydrogens (tertiary/aromatic N) is 4. The van der Waals surface area contributed by atoms with Crippen molar-refractivity contribution in [2.45, 2.75) is 13.5 Å². The van der Waals surface area contributed by atoms with Crippen molar-refractivity contribution in [2.75, 3.05) is 0 Å². The Kier molecular flexibility index (Phi) is 3.57. The maximum absolute atomic E-state index is 8.72. The topological polar surface area (TPSA) is 72.5 Å². The largest absolute Gasteiger partial charge is 0.486 e. The molecule has 1 N–H and O–H groups in total. The van der Waals surface area contributed by atoms with Crippen molar-refractivity contribution >= 4 is 5.71 Å². The molecule has 2 aromatic rings. The van der Waals surface area contributed by atoms with E-state index in [0.717, 1.165) is 11.4 Å². The van der Waals surface area contributed by atoms with Crippen LogP contribution in [0.2, 0.25) is 0 Å². The summed E-state index contributed by atoms with van der Waals surface area (Å²) in [6, 6.07) is 7.34. The minimum Gasteiger partial charge on any atom is -0.486 e. The highest BCUT2D eigenvalue weighted by Gasteiger charge is 2.03. The molecule has 1 heterocycles. The molecule has 1 aromatic heterocycles. The van der Waals surface area contributed by atoms with Gasteiger partial charge in [-0.25, -0.2) is 4.98 Å². The molecular weight excluding hydrogens is 232 g/mol. The van der Waals surface area contributed by atoms with Crippen LogP contribution in [0.15, 0.2) is 35.7 Å². The van der Waals surface area contributed by atoms with Crippen molar-refractivity contribution < 1.29 is 9.94 Å². The van der Waals surface area contributed by atoms with Gasteiger partial charge in [0, 0.05) is 12.6 Å². The van der Waals surface area contributed by atoms with E-state index in [1.807, 2.05) is 31.3 Å². The van der Waals surface area contributed by atoms with E-state index in [-0.39, 0.29) is 0 Å². The van der Waals surface area contributed by atoms with Gasteiger partial charge >= 0.3 is 0 Å². The fourth-order valence-electron chi connectivity index (χ4n) is 1.47. The van der Waals surface area contributed by atoms with Crippen LogP contribution in [0.3, 0.4) is 0 Å². The molecule has 1 aromatic carbocycles. The van der Waals surface area contributed by atoms with Gasteiger partial charge in [0.15, 0.2) is 5.82 Å². The van der Waals surface area contributed by atoms with Crippen LogP contribution in [0, 0.1) is 0 Å². The highest BCUT2D eigenvalue weighted by atomic mass is 16.5. The number of rotatable bonds is 4. The maximum atomic E-state index is 8.72. The maximum Gasteiger partial charge on any atom is 0.164 e. The summed E-state index contributed by atoms with van der Waals surface area (Å²) in [5.74, 6) is 1.44. The van der Waals surface area contributed by atoms with Gasteiger partial charge in [-0.05, 0) is 19.1 Å². The standard InChI is InChI=1S/C12H14N4O2/c1-9(15-17)10-4-3-5-11(6-10)18-7-12-13-8-14-16(12)2/h3-6,8,17H,7H2,1-2H3. The third-order valence-electron chi connectivity index (χ3n) is 2.57. The lowest BCUT2D eigenvalue weighted by Crippen LogP contribution is -2.05. The van der Waals surface area contributed by atoms with Gasteiger partial charge in [0.2, 0.25) is 0 Å². The molecule has 6 heteroatoms. The Labute approximate surface area is 105 Å². The average Bonchev–Trinajstić information content (AvgIpc) is 2.81. The zero-order valence-electron chi connectivity index (χ0n) is 10.2. The summed E-state index contributed by atoms with van der Waals surface area (Å²) >= 11 is 0. The summed E-state index contributed by atoms with van der Waals surface area (Å²) in [6.07, 6.45) is 1.48. The smallest absolute Gasteiger partial charge is 0.164 e. The van der Waals surface area contributed by atoms with Crippen molar-refractivity contribution in [1.82, 2.24) is 14.8 Å². The Hall–Kier alpha value is -2.37. The van der Waals surface area contributed by atoms with Crippen LogP contribution in [0.1, 0.15) is 18.3 Å². The van der Waals surface area contributed by atoms with Gasteiger partial charge in [0.25, 0.3) is 0 Å². The lowest BCUT2D eigenvalue weighted by Gasteiger charge is -2.07. The second-order valence-corrected chi connectivity index (χ2v) is 3.80. The summed E-state index contributed by atoms with van der Waals surface area (Å²) < 4.78 is 7.26. The first kappa shape index (κ1) is 12.1. The average molecular weight is 246 g/mol. The Balaban J connectivity index is 2.08. The number of ether oxygens (including phenoxy) is 1. The molecule has 0 unspecified atom stereocenters. The Morgan fingerprint density at radius 3 is 3.00 bits per heavy atom. The molecule has 0 bridgehead atoms. The molecule has 0 aliphatic carbocycles. The number of oxime groups is 1. The molecule has 94 valence electrons. The molecule has 0 amide bonds. The molecule has 0 spiro atoms. The monoisotopic (exact) mass is 246 g/mol. The van der Waals surface area contributed by atoms with Crippen LogP contribution in [-0.2, 0) is 13.7 Å². The highest BCUT2D eigenvalue weighted by molar-refractivity contribution is 5.98. The summed E-state index contributed by atoms with van der Waals surface area (Å²) in [6.45, 7) is 2.07. The first-order valence-corrected chi connectivity index (χ1v) is 5.45. The fraction of sp³-hybridized carbons (Fsp3) is 0.250. The SMILES string of the molecule is CC(=NO)c1cccc(OCc2ncnn2C)c1. The van der Waals surface area contributed by atoms with Gasteiger partial charge in [0.05, 0.1) is 5.71 Å². The molecule has 0 fully saturated rings. The van der Waals surface area contributed by atoms with E-state index < -0.39 is 0 Å². The van der Waals surface area contributed by atoms with Gasteiger partial charge in [-0.1, -0.05) is 17.3 Å². The molecule has 2 rings (SSSR count). The molecular formula is C12H14N4O2. The summed E-state index contributed by atoms with van der Waals surface area (Å²) in [7, 11) is 1.81. The van der Waals surface area contributed by atoms with Gasteiger partial charge in [0.1, 0.15) is 18.7 Å². The fourth-order valence-corrected chi connectivity index (χ4v) is 1.47. The first-order valence-electron chi connectivity index (χ1n) is 5.45. The third-order valence-corrected chi connectivity index (χ3v) is 2.57. The first-order chi connectivity index (χ1) is 8.70. The van der Waals surface area contributed by atoms with Crippen LogP contribution in [0.5, 0.6) is 5.75 Å². The predicted molar refractivity (Wildman–Crippen MR) is 65.8 cm³/mol. The predicted octanol–water partition coefficient (Wildman–Crippen LogP) is 1.59. The number of aromatic nitrogens is 3. The van der Waals surface area contributed by atoms with Crippen LogP contribution >= 0.6 is 0 Å². The molecule has 0 saturated carbocycles. The summed E-state index contributed by atoms with van der Waals surface area (Å²) in [5.41, 5.74) is 1.35. The lowest BCUT2D eigenvalue weighted by atomic mass is 10.1. The van der Waals surface area contributed by atoms with E-state index in [0.29, 0.717) is 18.1 Å². The van der Waals surface area contributed by atoms with Crippen molar-refractivity contribution in [3.05, 3.63) is 42.0 Å². The second-order valence-electron chi connectivity index (χ2n) is 3.80. The van der Waals surface area contributed by atoms with Gasteiger partial charge < -0.3 is 9.94 Å². The number of benzene rings is 1. The van der Waals surface area contributed by atoms with E-state index in [2.05, 4.69) is 15.2 Å². The molecule has 0 aliphatic heterocycles. The molecule has 18 heavy (non-hydrogen) atoms. The minimum atomic E-state index is 0.343. The van der Waals surface area contributed by atoms with Crippen molar-refractivity contribution in [2.24, 2.45) is 12.2 Å². The molecule has 0 aliphatic rings. The molecule has 0 radical (unpaired) electrons. The quantitative estimate of drug-likeness (QED) is 0.505. The molecule has 0 atom stereocenters. The van der Waals surface area contributed by atoms with Gasteiger partial charge in [-0.2, -0.15) is 5.10 Å². The summed E-state index contributed by atoms with van der Waals surface area (Å²) in [5, 5.41) is 15.8. The second kappa shape index (κ2) is 5.31. The van der Waals surface area contributed by atoms with Crippen molar-refractivity contribution in [3.8, 4) is 5.75 Å². The van der Waals surface area contributed by atoms with Gasteiger partial charge in [-0.15, -0.1) is 0 Å². The third kappa shape index (κ3) is 2.65. The van der Waals surface area contributed by atoms with Crippen LogP contribution in [0.4, 0.5) is 0 Å². The Morgan fingerprint density at radius 2 is 2.33 bits per heavy atom. The van der Waals surface area contributed by atoms with Crippen LogP contribution in [0.25, 0.3) is 0 Å². The van der Waals surface area contributed by atoms with Crippen LogP contribution in [-0.4, -0.2) is 25.7 Å². The van der Waals surface area contributed by atoms with Crippen molar-refractivity contribution in [3.63, 3.8) is 0 Å². The normalized spacial score (nSPS) is 11.6. The van der Waals surface area contributed by atoms with E-state index in [4.69, 9.17) is 9.94 Å². The van der Waals surface area contributed by atoms with Crippen LogP contribution < -0.4 is 4.74 Å². The Bertz CT molecular complexity index is 563. The van der Waals surface area contributed by atoms with E-state index in [1.54, 1.807) is 11.6 Å². The Morgan fingerprint density at radius 1 is 1.50 bits per heavy atom.